The smallest absolute Gasteiger partial charge is 0.338 e. The van der Waals surface area contributed by atoms with Gasteiger partial charge >= 0.3 is 5.97 Å². The molecule has 0 unspecified atom stereocenters. The van der Waals surface area contributed by atoms with Crippen molar-refractivity contribution in [3.8, 4) is 11.3 Å². The summed E-state index contributed by atoms with van der Waals surface area (Å²) in [4.78, 5) is 11.7. The van der Waals surface area contributed by atoms with Crippen LogP contribution >= 0.6 is 0 Å². The summed E-state index contributed by atoms with van der Waals surface area (Å²) in [5.41, 5.74) is 1.31. The van der Waals surface area contributed by atoms with Crippen molar-refractivity contribution in [1.82, 2.24) is 0 Å². The zero-order chi connectivity index (χ0) is 14.5. The van der Waals surface area contributed by atoms with Gasteiger partial charge in [-0.1, -0.05) is 17.3 Å². The van der Waals surface area contributed by atoms with Crippen molar-refractivity contribution in [2.24, 2.45) is 5.16 Å². The average molecular weight is 273 g/mol. The van der Waals surface area contributed by atoms with Gasteiger partial charge in [-0.2, -0.15) is 0 Å². The molecule has 104 valence electrons. The molecule has 2 rings (SSSR count). The second kappa shape index (κ2) is 6.06. The van der Waals surface area contributed by atoms with Gasteiger partial charge in [-0.05, 0) is 38.1 Å². The van der Waals surface area contributed by atoms with Crippen molar-refractivity contribution in [2.75, 3.05) is 0 Å². The Morgan fingerprint density at radius 2 is 1.95 bits per heavy atom. The lowest BCUT2D eigenvalue weighted by Crippen LogP contribution is -2.11. The summed E-state index contributed by atoms with van der Waals surface area (Å²) in [5.74, 6) is 0.730. The molecule has 5 heteroatoms. The molecule has 5 nitrogen and oxygen atoms in total. The maximum absolute atomic E-state index is 11.7. The Morgan fingerprint density at radius 1 is 1.25 bits per heavy atom. The second-order valence-corrected chi connectivity index (χ2v) is 4.48. The minimum atomic E-state index is -0.348. The number of hydrogen-bond donors (Lipinski definition) is 1. The fraction of sp³-hybridized carbons (Fsp3) is 0.200. The van der Waals surface area contributed by atoms with Crippen LogP contribution in [0, 0.1) is 0 Å². The summed E-state index contributed by atoms with van der Waals surface area (Å²) in [6, 6.07) is 10.4. The predicted molar refractivity (Wildman–Crippen MR) is 74.1 cm³/mol. The number of furan rings is 1. The molecule has 0 spiro atoms. The Hall–Kier alpha value is -2.56. The van der Waals surface area contributed by atoms with Crippen LogP contribution < -0.4 is 0 Å². The van der Waals surface area contributed by atoms with Gasteiger partial charge in [-0.25, -0.2) is 4.79 Å². The first-order valence-electron chi connectivity index (χ1n) is 6.19. The van der Waals surface area contributed by atoms with E-state index in [4.69, 9.17) is 14.4 Å². The molecule has 0 aliphatic carbocycles. The van der Waals surface area contributed by atoms with E-state index in [2.05, 4.69) is 5.16 Å². The topological polar surface area (TPSA) is 72.0 Å². The van der Waals surface area contributed by atoms with Gasteiger partial charge in [0.15, 0.2) is 0 Å². The monoisotopic (exact) mass is 273 g/mol. The Labute approximate surface area is 116 Å². The molecule has 0 fully saturated rings. The molecule has 0 bridgehead atoms. The maximum atomic E-state index is 11.7. The van der Waals surface area contributed by atoms with Gasteiger partial charge in [0, 0.05) is 5.56 Å². The highest BCUT2D eigenvalue weighted by atomic mass is 16.5. The van der Waals surface area contributed by atoms with E-state index in [0.717, 1.165) is 5.56 Å². The van der Waals surface area contributed by atoms with E-state index >= 15 is 0 Å². The third-order valence-corrected chi connectivity index (χ3v) is 2.56. The molecule has 1 N–H and O–H groups in total. The number of nitrogens with zero attached hydrogens (tertiary/aromatic N) is 1. The highest BCUT2D eigenvalue weighted by molar-refractivity contribution is 5.90. The fourth-order valence-corrected chi connectivity index (χ4v) is 1.69. The van der Waals surface area contributed by atoms with E-state index in [1.165, 1.54) is 6.21 Å². The number of benzene rings is 1. The number of carbonyl (C=O) groups excluding carboxylic acids is 1. The lowest BCUT2D eigenvalue weighted by Gasteiger charge is -2.07. The lowest BCUT2D eigenvalue weighted by molar-refractivity contribution is 0.0378. The van der Waals surface area contributed by atoms with E-state index in [1.54, 1.807) is 50.2 Å². The highest BCUT2D eigenvalue weighted by Crippen LogP contribution is 2.22. The van der Waals surface area contributed by atoms with Crippen LogP contribution in [0.2, 0.25) is 0 Å². The van der Waals surface area contributed by atoms with E-state index in [1.807, 2.05) is 0 Å². The van der Waals surface area contributed by atoms with Crippen LogP contribution in [0.1, 0.15) is 30.0 Å². The third kappa shape index (κ3) is 3.26. The molecule has 0 aliphatic rings. The second-order valence-electron chi connectivity index (χ2n) is 4.48. The fourth-order valence-electron chi connectivity index (χ4n) is 1.69. The summed E-state index contributed by atoms with van der Waals surface area (Å²) in [6.45, 7) is 3.61. The lowest BCUT2D eigenvalue weighted by atomic mass is 10.1. The number of hydrogen-bond acceptors (Lipinski definition) is 5. The third-order valence-electron chi connectivity index (χ3n) is 2.56. The average Bonchev–Trinajstić information content (AvgIpc) is 2.87. The molecular formula is C15H15NO4. The summed E-state index contributed by atoms with van der Waals surface area (Å²) in [6.07, 6.45) is 1.06. The van der Waals surface area contributed by atoms with Gasteiger partial charge in [-0.15, -0.1) is 0 Å². The zero-order valence-corrected chi connectivity index (χ0v) is 11.2. The SMILES string of the molecule is CC(C)OC(=O)c1ccc(-c2ccc(/C=N/O)o2)cc1. The molecule has 1 heterocycles. The molecule has 1 aromatic heterocycles. The van der Waals surface area contributed by atoms with Crippen molar-refractivity contribution >= 4 is 12.2 Å². The van der Waals surface area contributed by atoms with E-state index in [-0.39, 0.29) is 12.1 Å². The van der Waals surface area contributed by atoms with Crippen LogP contribution in [0.15, 0.2) is 46.0 Å². The summed E-state index contributed by atoms with van der Waals surface area (Å²) >= 11 is 0. The van der Waals surface area contributed by atoms with E-state index in [9.17, 15) is 4.79 Å². The first-order chi connectivity index (χ1) is 9.60. The molecule has 1 aromatic carbocycles. The first-order valence-corrected chi connectivity index (χ1v) is 6.19. The standard InChI is InChI=1S/C15H15NO4/c1-10(2)19-15(17)12-5-3-11(4-6-12)14-8-7-13(20-14)9-16-18/h3-10,18H,1-2H3/b16-9+. The number of carbonyl (C=O) groups is 1. The molecule has 0 saturated heterocycles. The van der Waals surface area contributed by atoms with Crippen LogP contribution in [-0.4, -0.2) is 23.5 Å². The van der Waals surface area contributed by atoms with Gasteiger partial charge in [0.2, 0.25) is 0 Å². The van der Waals surface area contributed by atoms with Crippen LogP contribution in [-0.2, 0) is 4.74 Å². The largest absolute Gasteiger partial charge is 0.459 e. The minimum Gasteiger partial charge on any atom is -0.459 e. The Morgan fingerprint density at radius 3 is 2.55 bits per heavy atom. The van der Waals surface area contributed by atoms with Crippen molar-refractivity contribution < 1.29 is 19.2 Å². The number of esters is 1. The number of oxime groups is 1. The van der Waals surface area contributed by atoms with Crippen molar-refractivity contribution in [2.45, 2.75) is 20.0 Å². The van der Waals surface area contributed by atoms with E-state index < -0.39 is 0 Å². The summed E-state index contributed by atoms with van der Waals surface area (Å²) in [7, 11) is 0. The zero-order valence-electron chi connectivity index (χ0n) is 11.2. The molecule has 0 atom stereocenters. The van der Waals surface area contributed by atoms with Crippen molar-refractivity contribution in [3.05, 3.63) is 47.7 Å². The molecule has 0 radical (unpaired) electrons. The van der Waals surface area contributed by atoms with Crippen molar-refractivity contribution in [3.63, 3.8) is 0 Å². The molecule has 0 aliphatic heterocycles. The molecule has 0 amide bonds. The van der Waals surface area contributed by atoms with E-state index in [0.29, 0.717) is 17.1 Å². The van der Waals surface area contributed by atoms with Crippen molar-refractivity contribution in [1.29, 1.82) is 0 Å². The number of ether oxygens (including phenoxy) is 1. The molecule has 20 heavy (non-hydrogen) atoms. The van der Waals surface area contributed by atoms with Crippen LogP contribution in [0.4, 0.5) is 0 Å². The Kier molecular flexibility index (Phi) is 4.20. The predicted octanol–water partition coefficient (Wildman–Crippen LogP) is 3.32. The molecular weight excluding hydrogens is 258 g/mol. The van der Waals surface area contributed by atoms with Gasteiger partial charge in [-0.3, -0.25) is 0 Å². The molecule has 2 aromatic rings. The summed E-state index contributed by atoms with van der Waals surface area (Å²) < 4.78 is 10.6. The van der Waals surface area contributed by atoms with Crippen LogP contribution in [0.3, 0.4) is 0 Å². The van der Waals surface area contributed by atoms with Crippen LogP contribution in [0.25, 0.3) is 11.3 Å². The summed E-state index contributed by atoms with van der Waals surface area (Å²) in [5, 5.41) is 11.3. The highest BCUT2D eigenvalue weighted by Gasteiger charge is 2.10. The molecule has 0 saturated carbocycles. The normalized spacial score (nSPS) is 11.2. The van der Waals surface area contributed by atoms with Gasteiger partial charge in [0.25, 0.3) is 0 Å². The Bertz CT molecular complexity index is 611. The van der Waals surface area contributed by atoms with Gasteiger partial charge < -0.3 is 14.4 Å². The van der Waals surface area contributed by atoms with Gasteiger partial charge in [0.05, 0.1) is 11.7 Å². The quantitative estimate of drug-likeness (QED) is 0.401. The number of rotatable bonds is 4. The minimum absolute atomic E-state index is 0.146. The Balaban J connectivity index is 2.16. The maximum Gasteiger partial charge on any atom is 0.338 e. The first kappa shape index (κ1) is 13.9. The van der Waals surface area contributed by atoms with Crippen LogP contribution in [0.5, 0.6) is 0 Å². The van der Waals surface area contributed by atoms with Gasteiger partial charge in [0.1, 0.15) is 17.7 Å².